The third kappa shape index (κ3) is 4.05. The van der Waals surface area contributed by atoms with Crippen molar-refractivity contribution in [3.63, 3.8) is 0 Å². The van der Waals surface area contributed by atoms with Gasteiger partial charge in [0.15, 0.2) is 0 Å². The van der Waals surface area contributed by atoms with Gasteiger partial charge in [0, 0.05) is 0 Å². The molecule has 0 spiro atoms. The molecule has 0 unspecified atom stereocenters. The van der Waals surface area contributed by atoms with E-state index in [0.717, 1.165) is 0 Å². The highest BCUT2D eigenvalue weighted by atomic mass is 17.0. The van der Waals surface area contributed by atoms with Crippen LogP contribution in [0.5, 0.6) is 0 Å². The summed E-state index contributed by atoms with van der Waals surface area (Å²) in [5.41, 5.74) is -0.565. The summed E-state index contributed by atoms with van der Waals surface area (Å²) >= 11 is 0. The summed E-state index contributed by atoms with van der Waals surface area (Å²) in [6.07, 6.45) is 0.199. The van der Waals surface area contributed by atoms with E-state index in [0.29, 0.717) is 26.4 Å². The van der Waals surface area contributed by atoms with Crippen molar-refractivity contribution in [3.05, 3.63) is 0 Å². The minimum Gasteiger partial charge on any atom is -0.469 e. The minimum atomic E-state index is -0.565. The molecule has 0 saturated carbocycles. The Balaban J connectivity index is 2.53. The molecule has 0 radical (unpaired) electrons. The van der Waals surface area contributed by atoms with Crippen LogP contribution in [-0.4, -0.2) is 50.3 Å². The minimum absolute atomic E-state index is 0.199. The van der Waals surface area contributed by atoms with Crippen LogP contribution in [0.3, 0.4) is 0 Å². The fraction of sp³-hybridized carbons (Fsp3) is 0.900. The first-order valence-corrected chi connectivity index (χ1v) is 5.27. The third-order valence-corrected chi connectivity index (χ3v) is 2.17. The lowest BCUT2D eigenvalue weighted by Gasteiger charge is -2.35. The van der Waals surface area contributed by atoms with Gasteiger partial charge in [-0.15, -0.1) is 0 Å². The summed E-state index contributed by atoms with van der Waals surface area (Å²) in [5, 5.41) is 1.37. The van der Waals surface area contributed by atoms with E-state index >= 15 is 0 Å². The molecule has 1 heterocycles. The van der Waals surface area contributed by atoms with Gasteiger partial charge in [-0.1, -0.05) is 5.23 Å². The van der Waals surface area contributed by atoms with Gasteiger partial charge in [0.25, 0.3) is 0 Å². The predicted molar refractivity (Wildman–Crippen MR) is 55.3 cm³/mol. The molecule has 1 fully saturated rings. The van der Waals surface area contributed by atoms with Crippen molar-refractivity contribution in [1.29, 1.82) is 0 Å². The van der Waals surface area contributed by atoms with E-state index < -0.39 is 5.54 Å². The number of hydrogen-bond donors (Lipinski definition) is 0. The molecule has 0 aromatic rings. The Kier molecular flexibility index (Phi) is 5.14. The second kappa shape index (κ2) is 6.15. The second-order valence-electron chi connectivity index (χ2n) is 4.10. The van der Waals surface area contributed by atoms with Gasteiger partial charge in [-0.3, -0.25) is 14.5 Å². The molecule has 6 heteroatoms. The second-order valence-corrected chi connectivity index (χ2v) is 4.10. The molecular weight excluding hydrogens is 214 g/mol. The zero-order valence-electron chi connectivity index (χ0n) is 10.0. The van der Waals surface area contributed by atoms with Crippen LogP contribution < -0.4 is 0 Å². The third-order valence-electron chi connectivity index (χ3n) is 2.17. The molecule has 0 bridgehead atoms. The van der Waals surface area contributed by atoms with Gasteiger partial charge in [0.05, 0.1) is 45.5 Å². The molecule has 6 nitrogen and oxygen atoms in total. The number of rotatable bonds is 3. The highest BCUT2D eigenvalue weighted by molar-refractivity contribution is 5.70. The van der Waals surface area contributed by atoms with E-state index in [1.54, 1.807) is 0 Å². The van der Waals surface area contributed by atoms with Crippen LogP contribution in [-0.2, 0) is 23.9 Å². The molecule has 0 aliphatic carbocycles. The largest absolute Gasteiger partial charge is 0.469 e. The number of ether oxygens (including phenoxy) is 2. The van der Waals surface area contributed by atoms with Crippen molar-refractivity contribution in [2.24, 2.45) is 0 Å². The molecule has 1 aliphatic heterocycles. The Morgan fingerprint density at radius 3 is 2.31 bits per heavy atom. The highest BCUT2D eigenvalue weighted by Gasteiger charge is 2.33. The average molecular weight is 233 g/mol. The van der Waals surface area contributed by atoms with Crippen LogP contribution in [0.4, 0.5) is 0 Å². The van der Waals surface area contributed by atoms with Crippen molar-refractivity contribution >= 4 is 5.97 Å². The van der Waals surface area contributed by atoms with E-state index in [1.807, 2.05) is 13.8 Å². The lowest BCUT2D eigenvalue weighted by atomic mass is 10.0. The van der Waals surface area contributed by atoms with Gasteiger partial charge in [0.1, 0.15) is 0 Å². The molecule has 94 valence electrons. The maximum Gasteiger partial charge on any atom is 0.307 e. The monoisotopic (exact) mass is 233 g/mol. The predicted octanol–water partition coefficient (Wildman–Crippen LogP) is 0.523. The van der Waals surface area contributed by atoms with Crippen molar-refractivity contribution < 1.29 is 23.9 Å². The average Bonchev–Trinajstić information content (AvgIpc) is 2.15. The first-order valence-electron chi connectivity index (χ1n) is 5.27. The molecular formula is C10H19NO5. The van der Waals surface area contributed by atoms with Crippen LogP contribution in [0.25, 0.3) is 0 Å². The van der Waals surface area contributed by atoms with E-state index in [-0.39, 0.29) is 12.4 Å². The van der Waals surface area contributed by atoms with Crippen LogP contribution in [0.1, 0.15) is 20.3 Å². The van der Waals surface area contributed by atoms with Gasteiger partial charge in [-0.25, -0.2) is 0 Å². The van der Waals surface area contributed by atoms with Crippen LogP contribution in [0, 0.1) is 0 Å². The molecule has 0 atom stereocenters. The van der Waals surface area contributed by atoms with Crippen LogP contribution in [0.15, 0.2) is 0 Å². The quantitative estimate of drug-likeness (QED) is 0.662. The summed E-state index contributed by atoms with van der Waals surface area (Å²) < 4.78 is 9.80. The van der Waals surface area contributed by atoms with Crippen molar-refractivity contribution in [2.75, 3.05) is 33.5 Å². The Hall–Kier alpha value is -0.690. The molecule has 0 aromatic heterocycles. The molecule has 1 rings (SSSR count). The lowest BCUT2D eigenvalue weighted by molar-refractivity contribution is -0.418. The summed E-state index contributed by atoms with van der Waals surface area (Å²) in [5.74, 6) is -0.296. The lowest BCUT2D eigenvalue weighted by Crippen LogP contribution is -2.47. The number of carbonyl (C=O) groups excluding carboxylic acids is 1. The van der Waals surface area contributed by atoms with Crippen molar-refractivity contribution in [1.82, 2.24) is 5.23 Å². The number of hydroxylamine groups is 2. The maximum absolute atomic E-state index is 11.2. The standard InChI is InChI=1S/C10H19NO5/c1-10(2,8-9(12)13-3)11-15-6-4-14-5-7-16-11/h4-8H2,1-3H3. The van der Waals surface area contributed by atoms with Gasteiger partial charge >= 0.3 is 5.97 Å². The summed E-state index contributed by atoms with van der Waals surface area (Å²) in [7, 11) is 1.36. The summed E-state index contributed by atoms with van der Waals surface area (Å²) in [6.45, 7) is 5.57. The van der Waals surface area contributed by atoms with E-state index in [9.17, 15) is 4.79 Å². The summed E-state index contributed by atoms with van der Waals surface area (Å²) in [6, 6.07) is 0. The maximum atomic E-state index is 11.2. The van der Waals surface area contributed by atoms with Gasteiger partial charge in [-0.2, -0.15) is 0 Å². The number of nitrogens with zero attached hydrogens (tertiary/aromatic N) is 1. The van der Waals surface area contributed by atoms with Crippen molar-refractivity contribution in [2.45, 2.75) is 25.8 Å². The molecule has 1 aliphatic rings. The SMILES string of the molecule is COC(=O)CC(C)(C)N1OCCOCCO1. The Bertz CT molecular complexity index is 223. The van der Waals surface area contributed by atoms with Crippen molar-refractivity contribution in [3.8, 4) is 0 Å². The van der Waals surface area contributed by atoms with E-state index in [4.69, 9.17) is 14.4 Å². The van der Waals surface area contributed by atoms with Crippen LogP contribution >= 0.6 is 0 Å². The number of esters is 1. The number of methoxy groups -OCH3 is 1. The zero-order valence-corrected chi connectivity index (χ0v) is 10.0. The first-order chi connectivity index (χ1) is 7.56. The van der Waals surface area contributed by atoms with Crippen LogP contribution in [0.2, 0.25) is 0 Å². The molecule has 16 heavy (non-hydrogen) atoms. The number of carbonyl (C=O) groups is 1. The molecule has 0 amide bonds. The first kappa shape index (κ1) is 13.4. The molecule has 0 aromatic carbocycles. The Morgan fingerprint density at radius 2 is 1.81 bits per heavy atom. The zero-order chi connectivity index (χ0) is 12.0. The Labute approximate surface area is 95.3 Å². The fourth-order valence-electron chi connectivity index (χ4n) is 1.34. The smallest absolute Gasteiger partial charge is 0.307 e. The Morgan fingerprint density at radius 1 is 1.25 bits per heavy atom. The van der Waals surface area contributed by atoms with Gasteiger partial charge < -0.3 is 9.47 Å². The summed E-state index contributed by atoms with van der Waals surface area (Å²) in [4.78, 5) is 22.0. The van der Waals surface area contributed by atoms with Gasteiger partial charge in [0.2, 0.25) is 0 Å². The fourth-order valence-corrected chi connectivity index (χ4v) is 1.34. The number of hydrogen-bond acceptors (Lipinski definition) is 6. The normalized spacial score (nSPS) is 19.9. The van der Waals surface area contributed by atoms with E-state index in [2.05, 4.69) is 4.74 Å². The topological polar surface area (TPSA) is 57.2 Å². The van der Waals surface area contributed by atoms with E-state index in [1.165, 1.54) is 12.3 Å². The molecule has 0 N–H and O–H groups in total. The highest BCUT2D eigenvalue weighted by Crippen LogP contribution is 2.21. The molecule has 1 saturated heterocycles. The van der Waals surface area contributed by atoms with Gasteiger partial charge in [-0.05, 0) is 13.8 Å².